The molecule has 0 bridgehead atoms. The van der Waals surface area contributed by atoms with Gasteiger partial charge in [0.2, 0.25) is 5.91 Å². The number of nitrogens with zero attached hydrogens (tertiary/aromatic N) is 2. The van der Waals surface area contributed by atoms with Crippen LogP contribution in [0.4, 0.5) is 0 Å². The lowest BCUT2D eigenvalue weighted by Crippen LogP contribution is -2.28. The summed E-state index contributed by atoms with van der Waals surface area (Å²) in [5.41, 5.74) is 3.22. The second kappa shape index (κ2) is 7.28. The van der Waals surface area contributed by atoms with Gasteiger partial charge in [-0.05, 0) is 34.6 Å². The van der Waals surface area contributed by atoms with Gasteiger partial charge in [0.15, 0.2) is 0 Å². The Balaban J connectivity index is 2.65. The van der Waals surface area contributed by atoms with Crippen LogP contribution in [0, 0.1) is 13.8 Å². The normalized spacial score (nSPS) is 12.5. The van der Waals surface area contributed by atoms with Crippen molar-refractivity contribution >= 4 is 5.91 Å². The van der Waals surface area contributed by atoms with E-state index in [0.29, 0.717) is 19.6 Å². The number of ether oxygens (including phenoxy) is 1. The fraction of sp³-hybridized carbons (Fsp3) is 0.714. The highest BCUT2D eigenvalue weighted by molar-refractivity contribution is 5.76. The molecule has 1 aromatic rings. The van der Waals surface area contributed by atoms with Gasteiger partial charge in [-0.3, -0.25) is 9.48 Å². The van der Waals surface area contributed by atoms with Crippen LogP contribution in [-0.4, -0.2) is 28.9 Å². The Labute approximate surface area is 115 Å². The van der Waals surface area contributed by atoms with E-state index in [-0.39, 0.29) is 11.9 Å². The molecule has 0 saturated heterocycles. The van der Waals surface area contributed by atoms with Crippen molar-refractivity contribution < 1.29 is 9.53 Å². The largest absolute Gasteiger partial charge is 0.381 e. The number of hydrogen-bond acceptors (Lipinski definition) is 3. The third-order valence-electron chi connectivity index (χ3n) is 3.23. The fourth-order valence-electron chi connectivity index (χ4n) is 2.34. The highest BCUT2D eigenvalue weighted by Crippen LogP contribution is 2.21. The van der Waals surface area contributed by atoms with Crippen LogP contribution in [0.5, 0.6) is 0 Å². The highest BCUT2D eigenvalue weighted by atomic mass is 16.5. The van der Waals surface area contributed by atoms with Crippen LogP contribution in [-0.2, 0) is 16.1 Å². The first kappa shape index (κ1) is 15.7. The molecule has 1 atom stereocenters. The molecule has 0 aromatic carbocycles. The van der Waals surface area contributed by atoms with Gasteiger partial charge in [-0.25, -0.2) is 0 Å². The van der Waals surface area contributed by atoms with Gasteiger partial charge in [-0.1, -0.05) is 0 Å². The van der Waals surface area contributed by atoms with Gasteiger partial charge in [0.05, 0.1) is 18.3 Å². The predicted molar refractivity (Wildman–Crippen MR) is 75.0 cm³/mol. The molecule has 108 valence electrons. The summed E-state index contributed by atoms with van der Waals surface area (Å²) in [6.07, 6.45) is 0.401. The molecule has 0 spiro atoms. The summed E-state index contributed by atoms with van der Waals surface area (Å²) < 4.78 is 7.15. The molecule has 1 aromatic heterocycles. The van der Waals surface area contributed by atoms with E-state index in [4.69, 9.17) is 4.74 Å². The lowest BCUT2D eigenvalue weighted by molar-refractivity contribution is -0.122. The standard InChI is InChI=1S/C14H25N3O2/c1-6-17-12(5)14(11(4)16-17)10(3)15-13(18)8-9-19-7-2/h10H,6-9H2,1-5H3,(H,15,18)/t10-/m1/s1. The van der Waals surface area contributed by atoms with Crippen molar-refractivity contribution in [1.82, 2.24) is 15.1 Å². The molecule has 1 heterocycles. The minimum atomic E-state index is -0.0190. The van der Waals surface area contributed by atoms with Crippen LogP contribution in [0.1, 0.15) is 50.2 Å². The van der Waals surface area contributed by atoms with Gasteiger partial charge in [0.25, 0.3) is 0 Å². The van der Waals surface area contributed by atoms with Crippen molar-refractivity contribution in [3.05, 3.63) is 17.0 Å². The van der Waals surface area contributed by atoms with Gasteiger partial charge >= 0.3 is 0 Å². The summed E-state index contributed by atoms with van der Waals surface area (Å²) in [6.45, 7) is 12.0. The number of carbonyl (C=O) groups is 1. The van der Waals surface area contributed by atoms with Crippen LogP contribution in [0.3, 0.4) is 0 Å². The lowest BCUT2D eigenvalue weighted by Gasteiger charge is -2.15. The number of rotatable bonds is 7. The van der Waals surface area contributed by atoms with Gasteiger partial charge in [0.1, 0.15) is 0 Å². The molecule has 0 saturated carbocycles. The van der Waals surface area contributed by atoms with Crippen LogP contribution in [0.15, 0.2) is 0 Å². The third-order valence-corrected chi connectivity index (χ3v) is 3.23. The van der Waals surface area contributed by atoms with Crippen molar-refractivity contribution in [3.8, 4) is 0 Å². The van der Waals surface area contributed by atoms with E-state index in [9.17, 15) is 4.79 Å². The number of aromatic nitrogens is 2. The lowest BCUT2D eigenvalue weighted by atomic mass is 10.1. The third kappa shape index (κ3) is 4.06. The average Bonchev–Trinajstić information content (AvgIpc) is 2.64. The van der Waals surface area contributed by atoms with E-state index >= 15 is 0 Å². The smallest absolute Gasteiger partial charge is 0.222 e. The maximum absolute atomic E-state index is 11.8. The molecule has 5 heteroatoms. The fourth-order valence-corrected chi connectivity index (χ4v) is 2.34. The van der Waals surface area contributed by atoms with Crippen LogP contribution >= 0.6 is 0 Å². The first-order valence-corrected chi connectivity index (χ1v) is 6.92. The average molecular weight is 267 g/mol. The van der Waals surface area contributed by atoms with Crippen molar-refractivity contribution in [2.24, 2.45) is 0 Å². The predicted octanol–water partition coefficient (Wildman–Crippen LogP) is 2.12. The van der Waals surface area contributed by atoms with Crippen LogP contribution in [0.2, 0.25) is 0 Å². The Morgan fingerprint density at radius 1 is 1.42 bits per heavy atom. The topological polar surface area (TPSA) is 56.1 Å². The number of nitrogens with one attached hydrogen (secondary N) is 1. The molecular formula is C14H25N3O2. The molecular weight excluding hydrogens is 242 g/mol. The molecule has 0 unspecified atom stereocenters. The summed E-state index contributed by atoms with van der Waals surface area (Å²) in [5, 5.41) is 7.48. The molecule has 19 heavy (non-hydrogen) atoms. The Bertz CT molecular complexity index is 427. The van der Waals surface area contributed by atoms with E-state index in [0.717, 1.165) is 23.5 Å². The first-order chi connectivity index (χ1) is 9.01. The number of carbonyl (C=O) groups excluding carboxylic acids is 1. The van der Waals surface area contributed by atoms with E-state index in [1.165, 1.54) is 0 Å². The van der Waals surface area contributed by atoms with E-state index < -0.39 is 0 Å². The number of amides is 1. The molecule has 0 radical (unpaired) electrons. The van der Waals surface area contributed by atoms with Crippen LogP contribution in [0.25, 0.3) is 0 Å². The highest BCUT2D eigenvalue weighted by Gasteiger charge is 2.18. The summed E-state index contributed by atoms with van der Waals surface area (Å²) in [7, 11) is 0. The van der Waals surface area contributed by atoms with Gasteiger partial charge in [-0.2, -0.15) is 5.10 Å². The zero-order chi connectivity index (χ0) is 14.4. The number of aryl methyl sites for hydroxylation is 2. The van der Waals surface area contributed by atoms with E-state index in [1.807, 2.05) is 32.4 Å². The zero-order valence-electron chi connectivity index (χ0n) is 12.6. The Morgan fingerprint density at radius 3 is 2.63 bits per heavy atom. The summed E-state index contributed by atoms with van der Waals surface area (Å²) in [6, 6.07) is -0.0190. The van der Waals surface area contributed by atoms with Crippen molar-refractivity contribution in [2.45, 2.75) is 53.6 Å². The van der Waals surface area contributed by atoms with Gasteiger partial charge in [0, 0.05) is 30.8 Å². The SMILES string of the molecule is CCOCCC(=O)N[C@H](C)c1c(C)nn(CC)c1C. The Hall–Kier alpha value is -1.36. The van der Waals surface area contributed by atoms with Gasteiger partial charge in [-0.15, -0.1) is 0 Å². The van der Waals surface area contributed by atoms with Crippen molar-refractivity contribution in [1.29, 1.82) is 0 Å². The summed E-state index contributed by atoms with van der Waals surface area (Å²) in [4.78, 5) is 11.8. The molecule has 1 amide bonds. The monoisotopic (exact) mass is 267 g/mol. The second-order valence-electron chi connectivity index (χ2n) is 4.64. The number of hydrogen-bond donors (Lipinski definition) is 1. The molecule has 0 aliphatic heterocycles. The van der Waals surface area contributed by atoms with Crippen molar-refractivity contribution in [3.63, 3.8) is 0 Å². The maximum atomic E-state index is 11.8. The van der Waals surface area contributed by atoms with Gasteiger partial charge < -0.3 is 10.1 Å². The minimum Gasteiger partial charge on any atom is -0.381 e. The minimum absolute atomic E-state index is 0.0176. The Kier molecular flexibility index (Phi) is 6.02. The van der Waals surface area contributed by atoms with E-state index in [1.54, 1.807) is 0 Å². The molecule has 0 aliphatic rings. The maximum Gasteiger partial charge on any atom is 0.222 e. The Morgan fingerprint density at radius 2 is 2.11 bits per heavy atom. The first-order valence-electron chi connectivity index (χ1n) is 6.92. The molecule has 0 aliphatic carbocycles. The molecule has 1 rings (SSSR count). The summed E-state index contributed by atoms with van der Waals surface area (Å²) >= 11 is 0. The van der Waals surface area contributed by atoms with Crippen molar-refractivity contribution in [2.75, 3.05) is 13.2 Å². The van der Waals surface area contributed by atoms with Crippen LogP contribution < -0.4 is 5.32 Å². The summed E-state index contributed by atoms with van der Waals surface area (Å²) in [5.74, 6) is 0.0176. The molecule has 5 nitrogen and oxygen atoms in total. The molecule has 0 fully saturated rings. The zero-order valence-corrected chi connectivity index (χ0v) is 12.6. The quantitative estimate of drug-likeness (QED) is 0.770. The second-order valence-corrected chi connectivity index (χ2v) is 4.64. The van der Waals surface area contributed by atoms with E-state index in [2.05, 4.69) is 17.3 Å². The molecule has 1 N–H and O–H groups in total.